The van der Waals surface area contributed by atoms with Gasteiger partial charge in [0.2, 0.25) is 11.8 Å². The number of rotatable bonds is 6. The molecule has 1 aliphatic rings. The monoisotopic (exact) mass is 493 g/mol. The number of esters is 1. The number of nitrogens with zero attached hydrogens (tertiary/aromatic N) is 2. The van der Waals surface area contributed by atoms with Gasteiger partial charge in [-0.2, -0.15) is 9.78 Å². The first-order valence-corrected chi connectivity index (χ1v) is 12.8. The number of benzene rings is 3. The summed E-state index contributed by atoms with van der Waals surface area (Å²) < 4.78 is 7.53. The third-order valence-corrected chi connectivity index (χ3v) is 6.89. The van der Waals surface area contributed by atoms with Gasteiger partial charge in [-0.1, -0.05) is 66.9 Å². The highest BCUT2D eigenvalue weighted by atomic mass is 16.5. The van der Waals surface area contributed by atoms with Crippen LogP contribution in [0.3, 0.4) is 0 Å². The fourth-order valence-corrected chi connectivity index (χ4v) is 5.00. The van der Waals surface area contributed by atoms with Crippen molar-refractivity contribution < 1.29 is 14.3 Å². The van der Waals surface area contributed by atoms with Gasteiger partial charge in [-0.15, -0.1) is 0 Å². The largest absolute Gasteiger partial charge is 0.407 e. The van der Waals surface area contributed by atoms with Crippen molar-refractivity contribution in [2.45, 2.75) is 46.5 Å². The first-order chi connectivity index (χ1) is 17.9. The summed E-state index contributed by atoms with van der Waals surface area (Å²) in [6.07, 6.45) is 4.13. The quantitative estimate of drug-likeness (QED) is 0.297. The normalized spacial score (nSPS) is 13.5. The number of nitrogens with one attached hydrogen (secondary N) is 1. The summed E-state index contributed by atoms with van der Waals surface area (Å²) in [6, 6.07) is 23.6. The maximum absolute atomic E-state index is 12.6. The van der Waals surface area contributed by atoms with Crippen molar-refractivity contribution in [3.63, 3.8) is 0 Å². The summed E-state index contributed by atoms with van der Waals surface area (Å²) in [7, 11) is 0. The van der Waals surface area contributed by atoms with Crippen molar-refractivity contribution in [1.82, 2.24) is 9.78 Å². The third-order valence-electron chi connectivity index (χ3n) is 6.89. The van der Waals surface area contributed by atoms with Crippen LogP contribution in [0.4, 0.5) is 5.69 Å². The van der Waals surface area contributed by atoms with E-state index in [-0.39, 0.29) is 11.8 Å². The molecule has 1 amide bonds. The van der Waals surface area contributed by atoms with Gasteiger partial charge >= 0.3 is 5.97 Å². The van der Waals surface area contributed by atoms with Crippen LogP contribution in [0.15, 0.2) is 72.8 Å². The van der Waals surface area contributed by atoms with E-state index in [2.05, 4.69) is 11.4 Å². The van der Waals surface area contributed by atoms with Crippen LogP contribution in [-0.4, -0.2) is 21.7 Å². The van der Waals surface area contributed by atoms with E-state index >= 15 is 0 Å². The molecule has 5 rings (SSSR count). The van der Waals surface area contributed by atoms with Gasteiger partial charge in [0.05, 0.1) is 11.3 Å². The number of carbonyl (C=O) groups is 2. The zero-order valence-electron chi connectivity index (χ0n) is 21.5. The molecule has 1 saturated carbocycles. The minimum Gasteiger partial charge on any atom is -0.407 e. The number of hydrogen-bond acceptors (Lipinski definition) is 4. The molecule has 1 fully saturated rings. The number of hydrogen-bond donors (Lipinski definition) is 1. The van der Waals surface area contributed by atoms with Crippen LogP contribution in [0.25, 0.3) is 28.1 Å². The molecule has 0 unspecified atom stereocenters. The van der Waals surface area contributed by atoms with Crippen molar-refractivity contribution in [1.29, 1.82) is 0 Å². The minimum atomic E-state index is -0.424. The Balaban J connectivity index is 1.63. The Morgan fingerprint density at radius 1 is 0.919 bits per heavy atom. The summed E-state index contributed by atoms with van der Waals surface area (Å²) >= 11 is 0. The lowest BCUT2D eigenvalue weighted by atomic mass is 9.99. The van der Waals surface area contributed by atoms with Crippen molar-refractivity contribution >= 4 is 17.6 Å². The molecule has 6 heteroatoms. The van der Waals surface area contributed by atoms with Crippen molar-refractivity contribution in [3.8, 4) is 34.0 Å². The molecule has 0 spiro atoms. The molecule has 4 aromatic rings. The van der Waals surface area contributed by atoms with E-state index in [0.29, 0.717) is 11.6 Å². The van der Waals surface area contributed by atoms with Crippen molar-refractivity contribution in [3.05, 3.63) is 83.9 Å². The lowest BCUT2D eigenvalue weighted by molar-refractivity contribution is -0.132. The van der Waals surface area contributed by atoms with Gasteiger partial charge in [0.15, 0.2) is 0 Å². The van der Waals surface area contributed by atoms with E-state index in [1.165, 1.54) is 6.92 Å². The second-order valence-electron chi connectivity index (χ2n) is 9.74. The van der Waals surface area contributed by atoms with Gasteiger partial charge in [0, 0.05) is 24.1 Å². The molecule has 0 bridgehead atoms. The standard InChI is InChI=1S/C31H31N3O3/c1-20-9-8-13-25(19-20)29-28(23-15-17-26(18-16-23)32-30(36)24-11-5-6-12-24)31(37-22(3)35)34(33-29)27-14-7-4-10-21(27)2/h4,7-10,13-19,24H,5-6,11-12H2,1-3H3,(H,32,36). The van der Waals surface area contributed by atoms with Crippen LogP contribution < -0.4 is 10.1 Å². The van der Waals surface area contributed by atoms with Crippen LogP contribution >= 0.6 is 0 Å². The Bertz CT molecular complexity index is 1450. The SMILES string of the molecule is CC(=O)Oc1c(-c2ccc(NC(=O)C3CCCC3)cc2)c(-c2cccc(C)c2)nn1-c1ccccc1C. The molecule has 1 N–H and O–H groups in total. The average molecular weight is 494 g/mol. The maximum atomic E-state index is 12.6. The Morgan fingerprint density at radius 3 is 2.32 bits per heavy atom. The van der Waals surface area contributed by atoms with Crippen LogP contribution in [0.2, 0.25) is 0 Å². The van der Waals surface area contributed by atoms with Crippen LogP contribution in [0.5, 0.6) is 5.88 Å². The fraction of sp³-hybridized carbons (Fsp3) is 0.258. The van der Waals surface area contributed by atoms with E-state index in [4.69, 9.17) is 9.84 Å². The Labute approximate surface area is 217 Å². The molecule has 0 aliphatic heterocycles. The second kappa shape index (κ2) is 10.4. The molecular formula is C31H31N3O3. The summed E-state index contributed by atoms with van der Waals surface area (Å²) in [6.45, 7) is 5.44. The molecule has 1 aromatic heterocycles. The Kier molecular flexibility index (Phi) is 6.91. The van der Waals surface area contributed by atoms with E-state index < -0.39 is 5.97 Å². The summed E-state index contributed by atoms with van der Waals surface area (Å²) in [5.74, 6) is 0.113. The van der Waals surface area contributed by atoms with Gasteiger partial charge in [0.25, 0.3) is 0 Å². The number of para-hydroxylation sites is 1. The van der Waals surface area contributed by atoms with Crippen molar-refractivity contribution in [2.75, 3.05) is 5.32 Å². The first-order valence-electron chi connectivity index (χ1n) is 12.8. The van der Waals surface area contributed by atoms with Gasteiger partial charge in [0.1, 0.15) is 5.69 Å². The van der Waals surface area contributed by atoms with E-state index in [0.717, 1.165) is 64.9 Å². The third kappa shape index (κ3) is 5.19. The zero-order chi connectivity index (χ0) is 25.9. The zero-order valence-corrected chi connectivity index (χ0v) is 21.5. The highest BCUT2D eigenvalue weighted by Gasteiger charge is 2.26. The smallest absolute Gasteiger partial charge is 0.309 e. The lowest BCUT2D eigenvalue weighted by Gasteiger charge is -2.12. The average Bonchev–Trinajstić information content (AvgIpc) is 3.54. The van der Waals surface area contributed by atoms with Gasteiger partial charge in [-0.3, -0.25) is 9.59 Å². The summed E-state index contributed by atoms with van der Waals surface area (Å²) in [5.41, 5.74) is 6.89. The number of ether oxygens (including phenoxy) is 1. The van der Waals surface area contributed by atoms with Crippen LogP contribution in [0, 0.1) is 19.8 Å². The fourth-order valence-electron chi connectivity index (χ4n) is 5.00. The van der Waals surface area contributed by atoms with E-state index in [1.807, 2.05) is 80.6 Å². The molecule has 0 saturated heterocycles. The molecule has 1 aliphatic carbocycles. The first kappa shape index (κ1) is 24.5. The molecule has 0 atom stereocenters. The summed E-state index contributed by atoms with van der Waals surface area (Å²) in [5, 5.41) is 8.03. The lowest BCUT2D eigenvalue weighted by Crippen LogP contribution is -2.20. The van der Waals surface area contributed by atoms with Gasteiger partial charge in [-0.05, 0) is 62.1 Å². The molecule has 0 radical (unpaired) electrons. The van der Waals surface area contributed by atoms with E-state index in [9.17, 15) is 9.59 Å². The second-order valence-corrected chi connectivity index (χ2v) is 9.74. The van der Waals surface area contributed by atoms with Crippen LogP contribution in [0.1, 0.15) is 43.7 Å². The number of aryl methyl sites for hydroxylation is 2. The maximum Gasteiger partial charge on any atom is 0.309 e. The Morgan fingerprint density at radius 2 is 1.65 bits per heavy atom. The highest BCUT2D eigenvalue weighted by molar-refractivity contribution is 5.93. The number of amides is 1. The molecule has 6 nitrogen and oxygen atoms in total. The predicted octanol–water partition coefficient (Wildman–Crippen LogP) is 6.88. The molecule has 1 heterocycles. The highest BCUT2D eigenvalue weighted by Crippen LogP contribution is 2.41. The predicted molar refractivity (Wildman–Crippen MR) is 146 cm³/mol. The molecule has 188 valence electrons. The minimum absolute atomic E-state index is 0.0821. The molecule has 3 aromatic carbocycles. The van der Waals surface area contributed by atoms with Crippen LogP contribution in [-0.2, 0) is 9.59 Å². The Hall–Kier alpha value is -4.19. The van der Waals surface area contributed by atoms with Gasteiger partial charge in [-0.25, -0.2) is 0 Å². The summed E-state index contributed by atoms with van der Waals surface area (Å²) in [4.78, 5) is 24.9. The number of carbonyl (C=O) groups excluding carboxylic acids is 2. The molecular weight excluding hydrogens is 462 g/mol. The van der Waals surface area contributed by atoms with Crippen molar-refractivity contribution in [2.24, 2.45) is 5.92 Å². The van der Waals surface area contributed by atoms with Gasteiger partial charge < -0.3 is 10.1 Å². The number of aromatic nitrogens is 2. The number of anilines is 1. The van der Waals surface area contributed by atoms with E-state index in [1.54, 1.807) is 4.68 Å². The molecule has 37 heavy (non-hydrogen) atoms. The topological polar surface area (TPSA) is 73.2 Å².